The molecule has 152 valence electrons. The van der Waals surface area contributed by atoms with Crippen LogP contribution in [0.25, 0.3) is 0 Å². The van der Waals surface area contributed by atoms with E-state index in [1.807, 2.05) is 13.8 Å². The van der Waals surface area contributed by atoms with E-state index >= 15 is 0 Å². The highest BCUT2D eigenvalue weighted by Crippen LogP contribution is 2.48. The van der Waals surface area contributed by atoms with Gasteiger partial charge in [0.2, 0.25) is 5.91 Å². The molecule has 0 aromatic heterocycles. The molecule has 0 spiro atoms. The number of hydrogen-bond donors (Lipinski definition) is 0. The van der Waals surface area contributed by atoms with Gasteiger partial charge in [-0.1, -0.05) is 29.8 Å². The second-order valence-corrected chi connectivity index (χ2v) is 9.53. The van der Waals surface area contributed by atoms with Gasteiger partial charge in [0.15, 0.2) is 5.78 Å². The van der Waals surface area contributed by atoms with Crippen molar-refractivity contribution >= 4 is 33.3 Å². The normalized spacial score (nSPS) is 20.8. The van der Waals surface area contributed by atoms with Crippen LogP contribution in [0.3, 0.4) is 0 Å². The Kier molecular flexibility index (Phi) is 5.11. The second-order valence-electron chi connectivity index (χ2n) is 8.61. The van der Waals surface area contributed by atoms with Gasteiger partial charge in [0, 0.05) is 40.2 Å². The number of benzene rings is 2. The van der Waals surface area contributed by atoms with Gasteiger partial charge in [0.25, 0.3) is 0 Å². The standard InChI is InChI=1S/C24H20BrFN2O2/c1-24(2)11-20-23(21(29)12-24)18(17-9-15(25)5-8-19(17)26)10-22(30)28(20)16-6-3-14(13-27)4-7-16/h3-9,18H,10-12H2,1-2H3. The van der Waals surface area contributed by atoms with Gasteiger partial charge in [-0.05, 0) is 59.9 Å². The number of nitrogens with zero attached hydrogens (tertiary/aromatic N) is 2. The Balaban J connectivity index is 1.91. The number of rotatable bonds is 2. The number of ketones is 1. The van der Waals surface area contributed by atoms with E-state index in [-0.39, 0.29) is 23.5 Å². The molecule has 6 heteroatoms. The number of amides is 1. The van der Waals surface area contributed by atoms with Crippen molar-refractivity contribution in [2.45, 2.75) is 39.0 Å². The van der Waals surface area contributed by atoms with Crippen LogP contribution in [0.4, 0.5) is 10.1 Å². The van der Waals surface area contributed by atoms with Crippen LogP contribution in [0.1, 0.15) is 50.2 Å². The summed E-state index contributed by atoms with van der Waals surface area (Å²) < 4.78 is 15.4. The number of hydrogen-bond acceptors (Lipinski definition) is 3. The molecule has 1 aliphatic heterocycles. The summed E-state index contributed by atoms with van der Waals surface area (Å²) in [5, 5.41) is 9.07. The Morgan fingerprint density at radius 1 is 1.13 bits per heavy atom. The molecule has 0 fully saturated rings. The Morgan fingerprint density at radius 3 is 2.50 bits per heavy atom. The van der Waals surface area contributed by atoms with Gasteiger partial charge in [0.05, 0.1) is 11.6 Å². The molecule has 2 aromatic rings. The summed E-state index contributed by atoms with van der Waals surface area (Å²) in [6, 6.07) is 13.4. The van der Waals surface area contributed by atoms with Crippen molar-refractivity contribution in [2.24, 2.45) is 5.41 Å². The fourth-order valence-corrected chi connectivity index (χ4v) is 4.83. The van der Waals surface area contributed by atoms with E-state index in [1.54, 1.807) is 41.3 Å². The highest BCUT2D eigenvalue weighted by Gasteiger charge is 2.44. The number of allylic oxidation sites excluding steroid dienone is 2. The Labute approximate surface area is 183 Å². The number of nitriles is 1. The molecule has 0 saturated heterocycles. The molecule has 1 atom stereocenters. The van der Waals surface area contributed by atoms with Gasteiger partial charge in [0.1, 0.15) is 5.82 Å². The highest BCUT2D eigenvalue weighted by atomic mass is 79.9. The van der Waals surface area contributed by atoms with Crippen LogP contribution in [0.15, 0.2) is 58.2 Å². The topological polar surface area (TPSA) is 61.2 Å². The van der Waals surface area contributed by atoms with E-state index in [1.165, 1.54) is 6.07 Å². The highest BCUT2D eigenvalue weighted by molar-refractivity contribution is 9.10. The van der Waals surface area contributed by atoms with Crippen LogP contribution >= 0.6 is 15.9 Å². The fourth-order valence-electron chi connectivity index (χ4n) is 4.45. The molecular formula is C24H20BrFN2O2. The number of Topliss-reactive ketones (excluding diaryl/α,β-unsaturated/α-hetero) is 1. The molecule has 1 aliphatic carbocycles. The molecule has 2 aliphatic rings. The van der Waals surface area contributed by atoms with Crippen LogP contribution in [0, 0.1) is 22.6 Å². The first-order valence-corrected chi connectivity index (χ1v) is 10.5. The molecule has 0 radical (unpaired) electrons. The molecule has 1 heterocycles. The Bertz CT molecular complexity index is 1130. The van der Waals surface area contributed by atoms with Crippen molar-refractivity contribution in [1.29, 1.82) is 5.26 Å². The molecule has 4 rings (SSSR count). The Morgan fingerprint density at radius 2 is 1.83 bits per heavy atom. The fraction of sp³-hybridized carbons (Fsp3) is 0.292. The van der Waals surface area contributed by atoms with E-state index in [0.717, 1.165) is 0 Å². The lowest BCUT2D eigenvalue weighted by atomic mass is 9.69. The minimum Gasteiger partial charge on any atom is -0.294 e. The maximum absolute atomic E-state index is 14.7. The first-order valence-electron chi connectivity index (χ1n) is 9.74. The van der Waals surface area contributed by atoms with E-state index in [0.29, 0.717) is 45.4 Å². The van der Waals surface area contributed by atoms with Crippen molar-refractivity contribution in [3.05, 3.63) is 75.2 Å². The molecule has 2 aromatic carbocycles. The minimum atomic E-state index is -0.608. The Hall–Kier alpha value is -2.78. The van der Waals surface area contributed by atoms with E-state index in [9.17, 15) is 14.0 Å². The van der Waals surface area contributed by atoms with Crippen LogP contribution < -0.4 is 4.90 Å². The summed E-state index contributed by atoms with van der Waals surface area (Å²) in [5.41, 5.74) is 2.32. The number of halogens is 2. The molecule has 0 bridgehead atoms. The largest absolute Gasteiger partial charge is 0.294 e. The molecule has 30 heavy (non-hydrogen) atoms. The first kappa shape index (κ1) is 20.5. The zero-order valence-electron chi connectivity index (χ0n) is 16.7. The molecular weight excluding hydrogens is 447 g/mol. The molecule has 0 saturated carbocycles. The third kappa shape index (κ3) is 3.59. The van der Waals surface area contributed by atoms with Crippen molar-refractivity contribution in [2.75, 3.05) is 4.90 Å². The van der Waals surface area contributed by atoms with Gasteiger partial charge in [-0.25, -0.2) is 4.39 Å². The zero-order valence-corrected chi connectivity index (χ0v) is 18.3. The summed E-state index contributed by atoms with van der Waals surface area (Å²) in [6.45, 7) is 4.00. The van der Waals surface area contributed by atoms with E-state index in [4.69, 9.17) is 5.26 Å². The van der Waals surface area contributed by atoms with E-state index in [2.05, 4.69) is 22.0 Å². The van der Waals surface area contributed by atoms with Crippen LogP contribution in [0.2, 0.25) is 0 Å². The first-order chi connectivity index (χ1) is 14.2. The third-order valence-corrected chi connectivity index (χ3v) is 6.22. The van der Waals surface area contributed by atoms with Gasteiger partial charge in [-0.2, -0.15) is 5.26 Å². The van der Waals surface area contributed by atoms with Gasteiger partial charge in [-0.15, -0.1) is 0 Å². The van der Waals surface area contributed by atoms with E-state index < -0.39 is 11.7 Å². The molecule has 0 N–H and O–H groups in total. The quantitative estimate of drug-likeness (QED) is 0.576. The van der Waals surface area contributed by atoms with Crippen molar-refractivity contribution in [1.82, 2.24) is 0 Å². The monoisotopic (exact) mass is 466 g/mol. The maximum Gasteiger partial charge on any atom is 0.232 e. The summed E-state index contributed by atoms with van der Waals surface area (Å²) in [7, 11) is 0. The number of carbonyl (C=O) groups is 2. The lowest BCUT2D eigenvalue weighted by Crippen LogP contribution is -2.43. The lowest BCUT2D eigenvalue weighted by molar-refractivity contribution is -0.121. The summed E-state index contributed by atoms with van der Waals surface area (Å²) in [5.74, 6) is -1.26. The number of anilines is 1. The predicted molar refractivity (Wildman–Crippen MR) is 115 cm³/mol. The van der Waals surface area contributed by atoms with Crippen molar-refractivity contribution in [3.8, 4) is 6.07 Å². The van der Waals surface area contributed by atoms with Gasteiger partial charge in [-0.3, -0.25) is 14.5 Å². The smallest absolute Gasteiger partial charge is 0.232 e. The summed E-state index contributed by atoms with van der Waals surface area (Å²) in [4.78, 5) is 28.1. The minimum absolute atomic E-state index is 0.0123. The SMILES string of the molecule is CC1(C)CC(=O)C2=C(C1)N(c1ccc(C#N)cc1)C(=O)CC2c1cc(Br)ccc1F. The van der Waals surface area contributed by atoms with Crippen molar-refractivity contribution in [3.63, 3.8) is 0 Å². The zero-order chi connectivity index (χ0) is 21.6. The third-order valence-electron chi connectivity index (χ3n) is 5.73. The average Bonchev–Trinajstić information content (AvgIpc) is 2.68. The summed E-state index contributed by atoms with van der Waals surface area (Å²) >= 11 is 3.37. The van der Waals surface area contributed by atoms with Gasteiger partial charge < -0.3 is 0 Å². The predicted octanol–water partition coefficient (Wildman–Crippen LogP) is 5.62. The van der Waals surface area contributed by atoms with Crippen LogP contribution in [0.5, 0.6) is 0 Å². The molecule has 1 amide bonds. The van der Waals surface area contributed by atoms with Crippen molar-refractivity contribution < 1.29 is 14.0 Å². The van der Waals surface area contributed by atoms with Crippen LogP contribution in [-0.4, -0.2) is 11.7 Å². The number of carbonyl (C=O) groups excluding carboxylic acids is 2. The second kappa shape index (κ2) is 7.48. The summed E-state index contributed by atoms with van der Waals surface area (Å²) in [6.07, 6.45) is 0.900. The maximum atomic E-state index is 14.7. The van der Waals surface area contributed by atoms with Gasteiger partial charge >= 0.3 is 0 Å². The van der Waals surface area contributed by atoms with Crippen LogP contribution in [-0.2, 0) is 9.59 Å². The average molecular weight is 467 g/mol. The molecule has 1 unspecified atom stereocenters. The lowest BCUT2D eigenvalue weighted by Gasteiger charge is -2.43. The molecule has 4 nitrogen and oxygen atoms in total.